The molecule has 0 aliphatic rings. The van der Waals surface area contributed by atoms with Crippen molar-refractivity contribution >= 4 is 17.8 Å². The summed E-state index contributed by atoms with van der Waals surface area (Å²) >= 11 is 0. The monoisotopic (exact) mass is 209 g/mol. The average Bonchev–Trinajstić information content (AvgIpc) is 2.38. The van der Waals surface area contributed by atoms with Gasteiger partial charge in [-0.15, -0.1) is 0 Å². The van der Waals surface area contributed by atoms with E-state index in [-0.39, 0.29) is 0 Å². The Balaban J connectivity index is 2.24. The van der Waals surface area contributed by atoms with Gasteiger partial charge in [0.2, 0.25) is 0 Å². The van der Waals surface area contributed by atoms with E-state index in [2.05, 4.69) is 41.7 Å². The molecular weight excluding hydrogens is 194 g/mol. The fraction of sp³-hybridized carbons (Fsp3) is 0.0667. The lowest BCUT2D eigenvalue weighted by Crippen LogP contribution is -1.89. The summed E-state index contributed by atoms with van der Waals surface area (Å²) in [7, 11) is 1.94. The van der Waals surface area contributed by atoms with Crippen LogP contribution in [0.4, 0.5) is 5.69 Å². The number of nitrogens with one attached hydrogen (secondary N) is 1. The van der Waals surface area contributed by atoms with Crippen LogP contribution in [0.2, 0.25) is 0 Å². The number of para-hydroxylation sites is 1. The molecule has 0 atom stereocenters. The summed E-state index contributed by atoms with van der Waals surface area (Å²) in [5.74, 6) is 0. The molecule has 0 saturated carbocycles. The maximum atomic E-state index is 3.18. The summed E-state index contributed by atoms with van der Waals surface area (Å²) in [5.41, 5.74) is 3.57. The van der Waals surface area contributed by atoms with E-state index < -0.39 is 0 Å². The van der Waals surface area contributed by atoms with Crippen LogP contribution in [0.5, 0.6) is 0 Å². The SMILES string of the molecule is CNc1ccccc1C=Cc1ccccc1. The van der Waals surface area contributed by atoms with Gasteiger partial charge >= 0.3 is 0 Å². The van der Waals surface area contributed by atoms with Crippen molar-refractivity contribution in [1.29, 1.82) is 0 Å². The number of rotatable bonds is 3. The summed E-state index contributed by atoms with van der Waals surface area (Å²) in [6.07, 6.45) is 4.25. The second-order valence-corrected chi connectivity index (χ2v) is 3.58. The van der Waals surface area contributed by atoms with Gasteiger partial charge in [-0.1, -0.05) is 60.7 Å². The fourth-order valence-corrected chi connectivity index (χ4v) is 1.62. The van der Waals surface area contributed by atoms with Crippen LogP contribution in [0.1, 0.15) is 11.1 Å². The number of anilines is 1. The standard InChI is InChI=1S/C15H15N/c1-16-15-10-6-5-9-14(15)12-11-13-7-3-2-4-8-13/h2-12,16H,1H3. The van der Waals surface area contributed by atoms with E-state index in [0.29, 0.717) is 0 Å². The summed E-state index contributed by atoms with van der Waals surface area (Å²) < 4.78 is 0. The third kappa shape index (κ3) is 2.51. The van der Waals surface area contributed by atoms with Crippen molar-refractivity contribution in [2.75, 3.05) is 12.4 Å². The van der Waals surface area contributed by atoms with Gasteiger partial charge in [-0.25, -0.2) is 0 Å². The van der Waals surface area contributed by atoms with Crippen LogP contribution in [0.3, 0.4) is 0 Å². The van der Waals surface area contributed by atoms with Crippen molar-refractivity contribution in [3.8, 4) is 0 Å². The van der Waals surface area contributed by atoms with Gasteiger partial charge in [-0.3, -0.25) is 0 Å². The van der Waals surface area contributed by atoms with E-state index in [9.17, 15) is 0 Å². The maximum absolute atomic E-state index is 3.18. The Morgan fingerprint density at radius 2 is 1.50 bits per heavy atom. The molecule has 2 rings (SSSR count). The fourth-order valence-electron chi connectivity index (χ4n) is 1.62. The molecule has 1 N–H and O–H groups in total. The van der Waals surface area contributed by atoms with Gasteiger partial charge in [0.15, 0.2) is 0 Å². The first-order valence-electron chi connectivity index (χ1n) is 5.40. The normalized spacial score (nSPS) is 10.6. The molecule has 16 heavy (non-hydrogen) atoms. The minimum Gasteiger partial charge on any atom is -0.388 e. The number of benzene rings is 2. The van der Waals surface area contributed by atoms with Crippen LogP contribution in [0, 0.1) is 0 Å². The van der Waals surface area contributed by atoms with Crippen LogP contribution in [-0.4, -0.2) is 7.05 Å². The molecule has 0 spiro atoms. The highest BCUT2D eigenvalue weighted by molar-refractivity contribution is 5.76. The van der Waals surface area contributed by atoms with E-state index in [0.717, 1.165) is 5.69 Å². The molecule has 80 valence electrons. The third-order valence-electron chi connectivity index (χ3n) is 2.49. The summed E-state index contributed by atoms with van der Waals surface area (Å²) in [4.78, 5) is 0. The van der Waals surface area contributed by atoms with Gasteiger partial charge in [-0.2, -0.15) is 0 Å². The molecule has 0 fully saturated rings. The van der Waals surface area contributed by atoms with E-state index in [4.69, 9.17) is 0 Å². The minimum atomic E-state index is 1.15. The van der Waals surface area contributed by atoms with Crippen molar-refractivity contribution in [3.63, 3.8) is 0 Å². The second kappa shape index (κ2) is 5.17. The van der Waals surface area contributed by atoms with Gasteiger partial charge in [-0.05, 0) is 17.2 Å². The lowest BCUT2D eigenvalue weighted by atomic mass is 10.1. The van der Waals surface area contributed by atoms with Crippen LogP contribution < -0.4 is 5.32 Å². The lowest BCUT2D eigenvalue weighted by Gasteiger charge is -2.03. The highest BCUT2D eigenvalue weighted by Crippen LogP contribution is 2.17. The molecule has 1 nitrogen and oxygen atoms in total. The van der Waals surface area contributed by atoms with Crippen LogP contribution in [0.15, 0.2) is 54.6 Å². The molecule has 2 aromatic rings. The zero-order chi connectivity index (χ0) is 11.2. The molecular formula is C15H15N. The molecule has 0 aliphatic heterocycles. The largest absolute Gasteiger partial charge is 0.388 e. The van der Waals surface area contributed by atoms with Gasteiger partial charge in [0.25, 0.3) is 0 Å². The quantitative estimate of drug-likeness (QED) is 0.756. The van der Waals surface area contributed by atoms with Gasteiger partial charge in [0.05, 0.1) is 0 Å². The first kappa shape index (κ1) is 10.5. The first-order valence-corrected chi connectivity index (χ1v) is 5.40. The molecule has 0 saturated heterocycles. The zero-order valence-corrected chi connectivity index (χ0v) is 9.35. The van der Waals surface area contributed by atoms with E-state index in [1.165, 1.54) is 11.1 Å². The van der Waals surface area contributed by atoms with Crippen molar-refractivity contribution in [1.82, 2.24) is 0 Å². The predicted molar refractivity (Wildman–Crippen MR) is 71.4 cm³/mol. The number of hydrogen-bond acceptors (Lipinski definition) is 1. The maximum Gasteiger partial charge on any atom is 0.0411 e. The summed E-state index contributed by atoms with van der Waals surface area (Å²) in [6, 6.07) is 18.6. The van der Waals surface area contributed by atoms with Crippen molar-refractivity contribution in [3.05, 3.63) is 65.7 Å². The highest BCUT2D eigenvalue weighted by Gasteiger charge is 1.93. The molecule has 0 bridgehead atoms. The van der Waals surface area contributed by atoms with E-state index in [1.54, 1.807) is 0 Å². The van der Waals surface area contributed by atoms with E-state index >= 15 is 0 Å². The van der Waals surface area contributed by atoms with Crippen LogP contribution in [-0.2, 0) is 0 Å². The smallest absolute Gasteiger partial charge is 0.0411 e. The summed E-state index contributed by atoms with van der Waals surface area (Å²) in [6.45, 7) is 0. The predicted octanol–water partition coefficient (Wildman–Crippen LogP) is 3.90. The highest BCUT2D eigenvalue weighted by atomic mass is 14.8. The van der Waals surface area contributed by atoms with Crippen molar-refractivity contribution in [2.24, 2.45) is 0 Å². The molecule has 0 radical (unpaired) electrons. The Kier molecular flexibility index (Phi) is 3.39. The summed E-state index contributed by atoms with van der Waals surface area (Å²) in [5, 5.41) is 3.18. The third-order valence-corrected chi connectivity index (χ3v) is 2.49. The Morgan fingerprint density at radius 1 is 0.812 bits per heavy atom. The Morgan fingerprint density at radius 3 is 2.25 bits per heavy atom. The Bertz CT molecular complexity index is 472. The second-order valence-electron chi connectivity index (χ2n) is 3.58. The molecule has 1 heteroatoms. The lowest BCUT2D eigenvalue weighted by molar-refractivity contribution is 1.49. The molecule has 0 aromatic heterocycles. The molecule has 0 heterocycles. The Labute approximate surface area is 96.4 Å². The van der Waals surface area contributed by atoms with E-state index in [1.807, 2.05) is 37.4 Å². The minimum absolute atomic E-state index is 1.15. The topological polar surface area (TPSA) is 12.0 Å². The zero-order valence-electron chi connectivity index (χ0n) is 9.35. The molecule has 0 aliphatic carbocycles. The number of hydrogen-bond donors (Lipinski definition) is 1. The average molecular weight is 209 g/mol. The van der Waals surface area contributed by atoms with Crippen molar-refractivity contribution < 1.29 is 0 Å². The van der Waals surface area contributed by atoms with Crippen molar-refractivity contribution in [2.45, 2.75) is 0 Å². The first-order chi connectivity index (χ1) is 7.90. The van der Waals surface area contributed by atoms with Gasteiger partial charge in [0.1, 0.15) is 0 Å². The molecule has 0 amide bonds. The van der Waals surface area contributed by atoms with Gasteiger partial charge < -0.3 is 5.32 Å². The Hall–Kier alpha value is -2.02. The molecule has 0 unspecified atom stereocenters. The van der Waals surface area contributed by atoms with Gasteiger partial charge in [0, 0.05) is 12.7 Å². The van der Waals surface area contributed by atoms with Crippen LogP contribution in [0.25, 0.3) is 12.2 Å². The van der Waals surface area contributed by atoms with Crippen LogP contribution >= 0.6 is 0 Å². The molecule has 2 aromatic carbocycles.